The first-order valence-electron chi connectivity index (χ1n) is 3.48. The van der Waals surface area contributed by atoms with Gasteiger partial charge in [0.15, 0.2) is 0 Å². The maximum atomic E-state index is 7.57. The molecule has 2 heteroatoms. The molecule has 0 aliphatic rings. The van der Waals surface area contributed by atoms with E-state index in [1.54, 1.807) is 13.2 Å². The van der Waals surface area contributed by atoms with E-state index in [9.17, 15) is 0 Å². The molecule has 1 N–H and O–H groups in total. The molecule has 0 radical (unpaired) electrons. The lowest BCUT2D eigenvalue weighted by atomic mass is 10.4. The molecule has 0 saturated carbocycles. The zero-order valence-corrected chi connectivity index (χ0v) is 6.50. The number of aryl methyl sites for hydroxylation is 1. The highest BCUT2D eigenvalue weighted by molar-refractivity contribution is 4.96. The van der Waals surface area contributed by atoms with Gasteiger partial charge >= 0.3 is 0 Å². The highest BCUT2D eigenvalue weighted by atomic mass is 16.3. The van der Waals surface area contributed by atoms with Crippen molar-refractivity contribution in [3.8, 4) is 0 Å². The quantitative estimate of drug-likeness (QED) is 0.649. The summed E-state index contributed by atoms with van der Waals surface area (Å²) in [5.74, 6) is 1.06. The first kappa shape index (κ1) is 9.24. The molecule has 1 rings (SSSR count). The summed E-state index contributed by atoms with van der Waals surface area (Å²) in [7, 11) is 0. The van der Waals surface area contributed by atoms with Gasteiger partial charge in [-0.15, -0.1) is 0 Å². The third-order valence-corrected chi connectivity index (χ3v) is 0.929. The number of aliphatic hydroxyl groups excluding tert-OH is 1. The minimum atomic E-state index is 0.250. The predicted octanol–water partition coefficient (Wildman–Crippen LogP) is 1.84. The Kier molecular flexibility index (Phi) is 5.88. The lowest BCUT2D eigenvalue weighted by Crippen LogP contribution is -1.66. The van der Waals surface area contributed by atoms with Crippen molar-refractivity contribution in [2.75, 3.05) is 6.61 Å². The van der Waals surface area contributed by atoms with Crippen molar-refractivity contribution >= 4 is 0 Å². The first-order chi connectivity index (χ1) is 4.85. The van der Waals surface area contributed by atoms with E-state index in [1.165, 1.54) is 0 Å². The molecule has 1 heterocycles. The molecule has 0 atom stereocenters. The van der Waals surface area contributed by atoms with Crippen LogP contribution in [0, 0.1) is 0 Å². The monoisotopic (exact) mass is 142 g/mol. The van der Waals surface area contributed by atoms with Crippen LogP contribution in [0.5, 0.6) is 0 Å². The van der Waals surface area contributed by atoms with Crippen molar-refractivity contribution < 1.29 is 9.52 Å². The standard InChI is InChI=1S/C6H8O.C2H6O/c1-2-6-4-3-5-7-6;1-2-3/h3-5H,2H2,1H3;3H,2H2,1H3. The number of aliphatic hydroxyl groups is 1. The average Bonchev–Trinajstić information content (AvgIpc) is 2.39. The van der Waals surface area contributed by atoms with Crippen LogP contribution in [-0.4, -0.2) is 11.7 Å². The van der Waals surface area contributed by atoms with E-state index in [1.807, 2.05) is 12.1 Å². The Morgan fingerprint density at radius 1 is 1.50 bits per heavy atom. The second-order valence-electron chi connectivity index (χ2n) is 1.75. The van der Waals surface area contributed by atoms with Crippen LogP contribution in [0.4, 0.5) is 0 Å². The molecule has 10 heavy (non-hydrogen) atoms. The smallest absolute Gasteiger partial charge is 0.103 e. The predicted molar refractivity (Wildman–Crippen MR) is 40.8 cm³/mol. The Morgan fingerprint density at radius 2 is 2.10 bits per heavy atom. The van der Waals surface area contributed by atoms with Gasteiger partial charge in [0.25, 0.3) is 0 Å². The van der Waals surface area contributed by atoms with Crippen LogP contribution in [0.1, 0.15) is 19.6 Å². The van der Waals surface area contributed by atoms with Gasteiger partial charge in [0.2, 0.25) is 0 Å². The maximum Gasteiger partial charge on any atom is 0.103 e. The third kappa shape index (κ3) is 4.15. The molecule has 0 aliphatic carbocycles. The molecule has 58 valence electrons. The molecule has 0 fully saturated rings. The highest BCUT2D eigenvalue weighted by Crippen LogP contribution is 1.98. The molecule has 0 aliphatic heterocycles. The van der Waals surface area contributed by atoms with Crippen molar-refractivity contribution in [3.63, 3.8) is 0 Å². The van der Waals surface area contributed by atoms with Crippen molar-refractivity contribution in [1.29, 1.82) is 0 Å². The van der Waals surface area contributed by atoms with Crippen LogP contribution in [0.2, 0.25) is 0 Å². The highest BCUT2D eigenvalue weighted by Gasteiger charge is 1.84. The summed E-state index contributed by atoms with van der Waals surface area (Å²) < 4.78 is 4.98. The van der Waals surface area contributed by atoms with Crippen LogP contribution in [-0.2, 0) is 6.42 Å². The summed E-state index contributed by atoms with van der Waals surface area (Å²) in [6.45, 7) is 4.00. The Hall–Kier alpha value is -0.760. The van der Waals surface area contributed by atoms with Crippen LogP contribution in [0.25, 0.3) is 0 Å². The van der Waals surface area contributed by atoms with Gasteiger partial charge in [-0.25, -0.2) is 0 Å². The largest absolute Gasteiger partial charge is 0.469 e. The van der Waals surface area contributed by atoms with Crippen LogP contribution >= 0.6 is 0 Å². The third-order valence-electron chi connectivity index (χ3n) is 0.929. The maximum absolute atomic E-state index is 7.57. The number of rotatable bonds is 1. The molecule has 0 bridgehead atoms. The fraction of sp³-hybridized carbons (Fsp3) is 0.500. The summed E-state index contributed by atoms with van der Waals surface area (Å²) in [5.41, 5.74) is 0. The van der Waals surface area contributed by atoms with Crippen molar-refractivity contribution in [1.82, 2.24) is 0 Å². The minimum absolute atomic E-state index is 0.250. The van der Waals surface area contributed by atoms with Gasteiger partial charge < -0.3 is 9.52 Å². The Bertz CT molecular complexity index is 133. The zero-order chi connectivity index (χ0) is 7.82. The summed E-state index contributed by atoms with van der Waals surface area (Å²) >= 11 is 0. The van der Waals surface area contributed by atoms with Gasteiger partial charge in [0, 0.05) is 13.0 Å². The molecule has 0 spiro atoms. The van der Waals surface area contributed by atoms with E-state index in [0.29, 0.717) is 0 Å². The van der Waals surface area contributed by atoms with E-state index in [0.717, 1.165) is 12.2 Å². The summed E-state index contributed by atoms with van der Waals surface area (Å²) in [6, 6.07) is 3.87. The first-order valence-corrected chi connectivity index (χ1v) is 3.48. The van der Waals surface area contributed by atoms with E-state index in [2.05, 4.69) is 6.92 Å². The zero-order valence-electron chi connectivity index (χ0n) is 6.50. The molecule has 1 aromatic rings. The fourth-order valence-corrected chi connectivity index (χ4v) is 0.514. The van der Waals surface area contributed by atoms with Gasteiger partial charge in [0.05, 0.1) is 6.26 Å². The van der Waals surface area contributed by atoms with Gasteiger partial charge in [0.1, 0.15) is 5.76 Å². The number of furan rings is 1. The summed E-state index contributed by atoms with van der Waals surface area (Å²) in [6.07, 6.45) is 2.69. The van der Waals surface area contributed by atoms with Crippen LogP contribution in [0.3, 0.4) is 0 Å². The van der Waals surface area contributed by atoms with Gasteiger partial charge in [-0.2, -0.15) is 0 Å². The van der Waals surface area contributed by atoms with E-state index < -0.39 is 0 Å². The Labute approximate surface area is 61.5 Å². The molecular formula is C8H14O2. The summed E-state index contributed by atoms with van der Waals surface area (Å²) in [4.78, 5) is 0. The lowest BCUT2D eigenvalue weighted by molar-refractivity contribution is 0.318. The van der Waals surface area contributed by atoms with Crippen molar-refractivity contribution in [2.24, 2.45) is 0 Å². The second kappa shape index (κ2) is 6.36. The Balaban J connectivity index is 0.000000236. The molecule has 0 unspecified atom stereocenters. The second-order valence-corrected chi connectivity index (χ2v) is 1.75. The fourth-order valence-electron chi connectivity index (χ4n) is 0.514. The molecule has 0 aromatic carbocycles. The van der Waals surface area contributed by atoms with Gasteiger partial charge in [-0.3, -0.25) is 0 Å². The normalized spacial score (nSPS) is 8.30. The number of hydrogen-bond acceptors (Lipinski definition) is 2. The van der Waals surface area contributed by atoms with Crippen LogP contribution in [0.15, 0.2) is 22.8 Å². The van der Waals surface area contributed by atoms with Crippen molar-refractivity contribution in [3.05, 3.63) is 24.2 Å². The summed E-state index contributed by atoms with van der Waals surface area (Å²) in [5, 5.41) is 7.57. The Morgan fingerprint density at radius 3 is 2.30 bits per heavy atom. The average molecular weight is 142 g/mol. The van der Waals surface area contributed by atoms with E-state index in [-0.39, 0.29) is 6.61 Å². The van der Waals surface area contributed by atoms with Gasteiger partial charge in [-0.05, 0) is 19.1 Å². The topological polar surface area (TPSA) is 33.4 Å². The van der Waals surface area contributed by atoms with E-state index >= 15 is 0 Å². The lowest BCUT2D eigenvalue weighted by Gasteiger charge is -1.79. The molecule has 2 nitrogen and oxygen atoms in total. The van der Waals surface area contributed by atoms with E-state index in [4.69, 9.17) is 9.52 Å². The minimum Gasteiger partial charge on any atom is -0.469 e. The van der Waals surface area contributed by atoms with Crippen molar-refractivity contribution in [2.45, 2.75) is 20.3 Å². The number of hydrogen-bond donors (Lipinski definition) is 1. The van der Waals surface area contributed by atoms with Crippen LogP contribution < -0.4 is 0 Å². The molecular weight excluding hydrogens is 128 g/mol. The molecule has 1 aromatic heterocycles. The van der Waals surface area contributed by atoms with Gasteiger partial charge in [-0.1, -0.05) is 6.92 Å². The molecule has 0 saturated heterocycles. The SMILES string of the molecule is CCO.CCc1ccco1. The molecule has 0 amide bonds.